The molecule has 0 aromatic heterocycles. The van der Waals surface area contributed by atoms with Gasteiger partial charge >= 0.3 is 5.97 Å². The van der Waals surface area contributed by atoms with E-state index in [-0.39, 0.29) is 12.4 Å². The van der Waals surface area contributed by atoms with Crippen molar-refractivity contribution in [1.82, 2.24) is 4.90 Å². The zero-order chi connectivity index (χ0) is 27.2. The Morgan fingerprint density at radius 3 is 2.59 bits per heavy atom. The molecule has 2 unspecified atom stereocenters. The van der Waals surface area contributed by atoms with Crippen LogP contribution >= 0.6 is 23.2 Å². The number of benzene rings is 1. The second kappa shape index (κ2) is 13.0. The SMILES string of the molecule is C/C=C(\Cl)C(COC=O)C(Oc1ccc(CCC(C)C)c(OC)c1)/C(=C/Cl)OC(=O)[C@@]1(C)C[C@H]2CCN21. The van der Waals surface area contributed by atoms with Crippen LogP contribution in [-0.4, -0.2) is 55.3 Å². The van der Waals surface area contributed by atoms with Crippen LogP contribution in [0.15, 0.2) is 40.6 Å². The highest BCUT2D eigenvalue weighted by Gasteiger charge is 2.59. The van der Waals surface area contributed by atoms with Crippen molar-refractivity contribution in [1.29, 1.82) is 0 Å². The molecule has 1 aromatic carbocycles. The summed E-state index contributed by atoms with van der Waals surface area (Å²) < 4.78 is 22.9. The normalized spacial score (nSPS) is 23.3. The molecular formula is C28H37Cl2NO6. The zero-order valence-corrected chi connectivity index (χ0v) is 23.7. The molecule has 0 bridgehead atoms. The molecule has 2 fully saturated rings. The monoisotopic (exact) mass is 553 g/mol. The first-order valence-electron chi connectivity index (χ1n) is 12.7. The van der Waals surface area contributed by atoms with Crippen LogP contribution in [0.1, 0.15) is 52.5 Å². The van der Waals surface area contributed by atoms with E-state index >= 15 is 0 Å². The van der Waals surface area contributed by atoms with Gasteiger partial charge in [-0.25, -0.2) is 4.79 Å². The van der Waals surface area contributed by atoms with E-state index in [1.165, 1.54) is 5.54 Å². The number of hydrogen-bond donors (Lipinski definition) is 0. The lowest BCUT2D eigenvalue weighted by atomic mass is 9.72. The lowest BCUT2D eigenvalue weighted by Gasteiger charge is -2.61. The number of ether oxygens (including phenoxy) is 4. The van der Waals surface area contributed by atoms with Gasteiger partial charge in [-0.3, -0.25) is 9.69 Å². The molecule has 7 nitrogen and oxygen atoms in total. The maximum Gasteiger partial charge on any atom is 0.331 e. The van der Waals surface area contributed by atoms with E-state index in [1.54, 1.807) is 26.2 Å². The Hall–Kier alpha value is -2.22. The smallest absolute Gasteiger partial charge is 0.331 e. The molecule has 3 rings (SSSR count). The summed E-state index contributed by atoms with van der Waals surface area (Å²) in [5.74, 6) is 0.718. The van der Waals surface area contributed by atoms with E-state index in [0.29, 0.717) is 35.0 Å². The van der Waals surface area contributed by atoms with Crippen molar-refractivity contribution >= 4 is 35.6 Å². The number of rotatable bonds is 14. The lowest BCUT2D eigenvalue weighted by molar-refractivity contribution is -0.186. The average molecular weight is 555 g/mol. The summed E-state index contributed by atoms with van der Waals surface area (Å²) in [6.45, 7) is 9.08. The lowest BCUT2D eigenvalue weighted by Crippen LogP contribution is -2.74. The molecular weight excluding hydrogens is 517 g/mol. The van der Waals surface area contributed by atoms with E-state index in [2.05, 4.69) is 18.7 Å². The third-order valence-electron chi connectivity index (χ3n) is 7.30. The fourth-order valence-electron chi connectivity index (χ4n) is 4.93. The Bertz CT molecular complexity index is 1030. The molecule has 2 heterocycles. The summed E-state index contributed by atoms with van der Waals surface area (Å²) in [4.78, 5) is 26.4. The van der Waals surface area contributed by atoms with Crippen LogP contribution in [0.4, 0.5) is 0 Å². The number of hydrogen-bond acceptors (Lipinski definition) is 7. The molecule has 2 aliphatic heterocycles. The van der Waals surface area contributed by atoms with Gasteiger partial charge in [0.15, 0.2) is 11.9 Å². The molecule has 204 valence electrons. The molecule has 2 saturated heterocycles. The molecule has 4 atom stereocenters. The van der Waals surface area contributed by atoms with Crippen molar-refractivity contribution in [2.24, 2.45) is 11.8 Å². The van der Waals surface area contributed by atoms with E-state index in [4.69, 9.17) is 42.1 Å². The summed E-state index contributed by atoms with van der Waals surface area (Å²) in [7, 11) is 1.61. The topological polar surface area (TPSA) is 74.3 Å². The molecule has 2 aliphatic rings. The first-order chi connectivity index (χ1) is 17.7. The van der Waals surface area contributed by atoms with Crippen molar-refractivity contribution in [2.75, 3.05) is 20.3 Å². The number of carbonyl (C=O) groups is 2. The minimum atomic E-state index is -0.952. The number of nitrogens with zero attached hydrogens (tertiary/aromatic N) is 1. The predicted molar refractivity (Wildman–Crippen MR) is 144 cm³/mol. The van der Waals surface area contributed by atoms with E-state index in [0.717, 1.165) is 37.8 Å². The molecule has 0 N–H and O–H groups in total. The molecule has 0 radical (unpaired) electrons. The third kappa shape index (κ3) is 6.62. The molecule has 0 amide bonds. The number of fused-ring (bicyclic) bond motifs is 1. The van der Waals surface area contributed by atoms with Crippen molar-refractivity contribution in [2.45, 2.75) is 71.1 Å². The van der Waals surface area contributed by atoms with Crippen molar-refractivity contribution < 1.29 is 28.5 Å². The summed E-state index contributed by atoms with van der Waals surface area (Å²) in [5, 5.41) is 0.372. The van der Waals surface area contributed by atoms with Crippen molar-refractivity contribution in [3.8, 4) is 11.5 Å². The van der Waals surface area contributed by atoms with Gasteiger partial charge in [0.25, 0.3) is 6.47 Å². The van der Waals surface area contributed by atoms with Gasteiger partial charge in [-0.2, -0.15) is 0 Å². The van der Waals surface area contributed by atoms with E-state index in [9.17, 15) is 9.59 Å². The van der Waals surface area contributed by atoms with Gasteiger partial charge in [0, 0.05) is 29.2 Å². The number of carbonyl (C=O) groups excluding carboxylic acids is 2. The standard InChI is InChI=1S/C28H37Cl2NO6/c1-6-23(30)22(16-35-17-32)26(25(15-29)37-27(33)28(4)14-20-11-12-31(20)28)36-21-10-9-19(8-7-18(2)3)24(13-21)34-5/h6,9-10,13,15,17-18,20,22,26H,7-8,11-12,14,16H2,1-5H3/b23-6-,25-15-/t20-,22?,26?,28-/m1/s1. The molecule has 1 aromatic rings. The molecule has 0 aliphatic carbocycles. The highest BCUT2D eigenvalue weighted by atomic mass is 35.5. The van der Waals surface area contributed by atoms with Crippen LogP contribution in [0.3, 0.4) is 0 Å². The summed E-state index contributed by atoms with van der Waals surface area (Å²) in [5.41, 5.74) is 1.54. The number of aryl methyl sites for hydroxylation is 1. The zero-order valence-electron chi connectivity index (χ0n) is 22.2. The second-order valence-corrected chi connectivity index (χ2v) is 10.8. The molecule has 0 saturated carbocycles. The van der Waals surface area contributed by atoms with Gasteiger partial charge < -0.3 is 18.9 Å². The van der Waals surface area contributed by atoms with Crippen LogP contribution in [0.25, 0.3) is 0 Å². The maximum absolute atomic E-state index is 13.2. The Kier molecular flexibility index (Phi) is 10.3. The summed E-state index contributed by atoms with van der Waals surface area (Å²) in [6.07, 6.45) is 4.43. The quantitative estimate of drug-likeness (QED) is 0.163. The minimum Gasteiger partial charge on any atom is -0.496 e. The first-order valence-corrected chi connectivity index (χ1v) is 13.5. The fourth-order valence-corrected chi connectivity index (χ4v) is 5.28. The van der Waals surface area contributed by atoms with Crippen molar-refractivity contribution in [3.05, 3.63) is 46.2 Å². The van der Waals surface area contributed by atoms with Crippen LogP contribution in [0.2, 0.25) is 0 Å². The second-order valence-electron chi connectivity index (χ2n) is 10.2. The Balaban J connectivity index is 1.90. The van der Waals surface area contributed by atoms with Gasteiger partial charge in [0.05, 0.1) is 13.0 Å². The largest absolute Gasteiger partial charge is 0.496 e. The van der Waals surface area contributed by atoms with Gasteiger partial charge in [0.2, 0.25) is 0 Å². The van der Waals surface area contributed by atoms with Gasteiger partial charge in [0.1, 0.15) is 23.6 Å². The van der Waals surface area contributed by atoms with E-state index in [1.807, 2.05) is 19.1 Å². The number of esters is 1. The van der Waals surface area contributed by atoms with Gasteiger partial charge in [-0.05, 0) is 57.1 Å². The third-order valence-corrected chi connectivity index (χ3v) is 8.01. The number of allylic oxidation sites excluding steroid dienone is 1. The maximum atomic E-state index is 13.2. The van der Waals surface area contributed by atoms with Gasteiger partial charge in [-0.15, -0.1) is 0 Å². The molecule has 37 heavy (non-hydrogen) atoms. The fraction of sp³-hybridized carbons (Fsp3) is 0.571. The number of piperidine rings is 1. The molecule has 9 heteroatoms. The average Bonchev–Trinajstić information content (AvgIpc) is 2.87. The highest BCUT2D eigenvalue weighted by molar-refractivity contribution is 6.30. The minimum absolute atomic E-state index is 0.0826. The van der Waals surface area contributed by atoms with Crippen molar-refractivity contribution in [3.63, 3.8) is 0 Å². The highest BCUT2D eigenvalue weighted by Crippen LogP contribution is 2.46. The first kappa shape index (κ1) is 29.3. The number of halogens is 2. The Morgan fingerprint density at radius 1 is 1.32 bits per heavy atom. The summed E-state index contributed by atoms with van der Waals surface area (Å²) in [6, 6.07) is 6.01. The number of methoxy groups -OCH3 is 1. The van der Waals surface area contributed by atoms with Crippen LogP contribution in [0.5, 0.6) is 11.5 Å². The van der Waals surface area contributed by atoms with E-state index < -0.39 is 23.5 Å². The predicted octanol–water partition coefficient (Wildman–Crippen LogP) is 5.82. The Morgan fingerprint density at radius 2 is 2.08 bits per heavy atom. The van der Waals surface area contributed by atoms with Crippen LogP contribution in [-0.2, 0) is 25.5 Å². The van der Waals surface area contributed by atoms with Crippen LogP contribution in [0, 0.1) is 11.8 Å². The Labute approximate surface area is 229 Å². The molecule has 0 spiro atoms. The summed E-state index contributed by atoms with van der Waals surface area (Å²) >= 11 is 12.8. The van der Waals surface area contributed by atoms with Gasteiger partial charge in [-0.1, -0.05) is 49.2 Å². The van der Waals surface area contributed by atoms with Crippen LogP contribution < -0.4 is 9.47 Å².